The van der Waals surface area contributed by atoms with Crippen LogP contribution in [0.4, 0.5) is 5.82 Å². The maximum absolute atomic E-state index is 5.13. The van der Waals surface area contributed by atoms with E-state index >= 15 is 0 Å². The number of aromatic amines is 1. The lowest BCUT2D eigenvalue weighted by atomic mass is 9.91. The molecule has 3 heterocycles. The largest absolute Gasteiger partial charge is 0.377 e. The van der Waals surface area contributed by atoms with E-state index in [1.54, 1.807) is 7.11 Å². The Morgan fingerprint density at radius 3 is 2.91 bits per heavy atom. The summed E-state index contributed by atoms with van der Waals surface area (Å²) in [4.78, 5) is 15.8. The number of H-pyrrole nitrogens is 1. The fourth-order valence-electron chi connectivity index (χ4n) is 3.59. The van der Waals surface area contributed by atoms with Crippen LogP contribution in [0, 0.1) is 18.8 Å². The van der Waals surface area contributed by atoms with Gasteiger partial charge < -0.3 is 9.64 Å². The zero-order valence-electron chi connectivity index (χ0n) is 13.6. The smallest absolute Gasteiger partial charge is 0.156 e. The topological polar surface area (TPSA) is 79.8 Å². The van der Waals surface area contributed by atoms with Crippen LogP contribution in [0.2, 0.25) is 0 Å². The Morgan fingerprint density at radius 1 is 1.30 bits per heavy atom. The minimum absolute atomic E-state index is 0.361. The summed E-state index contributed by atoms with van der Waals surface area (Å²) in [6.07, 6.45) is 4.49. The highest BCUT2D eigenvalue weighted by Crippen LogP contribution is 2.47. The second kappa shape index (κ2) is 5.88. The van der Waals surface area contributed by atoms with Gasteiger partial charge in [-0.05, 0) is 37.7 Å². The molecule has 1 saturated heterocycles. The van der Waals surface area contributed by atoms with Gasteiger partial charge in [0.2, 0.25) is 0 Å². The van der Waals surface area contributed by atoms with Gasteiger partial charge in [0.25, 0.3) is 0 Å². The summed E-state index contributed by atoms with van der Waals surface area (Å²) in [6.45, 7) is 4.35. The van der Waals surface area contributed by atoms with Crippen LogP contribution in [-0.4, -0.2) is 45.3 Å². The number of hydrogen-bond acceptors (Lipinski definition) is 6. The first-order valence-corrected chi connectivity index (χ1v) is 8.19. The molecule has 23 heavy (non-hydrogen) atoms. The second-order valence-corrected chi connectivity index (χ2v) is 6.55. The van der Waals surface area contributed by atoms with E-state index in [-0.39, 0.29) is 0 Å². The standard InChI is InChI=1S/C16H22N6O/c1-10-17-6-5-15(18-10)22-7-12(11-3-4-11)13(8-22)16-19-14(9-23-2)20-21-16/h5-6,11-13H,3-4,7-9H2,1-2H3,(H,19,20,21)/t12-,13+/m1/s1. The lowest BCUT2D eigenvalue weighted by molar-refractivity contribution is 0.178. The van der Waals surface area contributed by atoms with Crippen molar-refractivity contribution < 1.29 is 4.74 Å². The quantitative estimate of drug-likeness (QED) is 0.904. The van der Waals surface area contributed by atoms with E-state index in [4.69, 9.17) is 4.74 Å². The van der Waals surface area contributed by atoms with Crippen molar-refractivity contribution in [3.05, 3.63) is 29.7 Å². The summed E-state index contributed by atoms with van der Waals surface area (Å²) in [7, 11) is 1.67. The van der Waals surface area contributed by atoms with E-state index in [9.17, 15) is 0 Å². The van der Waals surface area contributed by atoms with Crippen LogP contribution in [0.3, 0.4) is 0 Å². The summed E-state index contributed by atoms with van der Waals surface area (Å²) in [6, 6.07) is 1.99. The van der Waals surface area contributed by atoms with E-state index in [1.807, 2.05) is 19.2 Å². The predicted molar refractivity (Wildman–Crippen MR) is 85.0 cm³/mol. The molecule has 0 spiro atoms. The molecule has 1 N–H and O–H groups in total. The number of aromatic nitrogens is 5. The van der Waals surface area contributed by atoms with Gasteiger partial charge >= 0.3 is 0 Å². The number of methoxy groups -OCH3 is 1. The van der Waals surface area contributed by atoms with Crippen molar-refractivity contribution in [3.8, 4) is 0 Å². The van der Waals surface area contributed by atoms with Crippen LogP contribution < -0.4 is 4.90 Å². The van der Waals surface area contributed by atoms with Crippen LogP contribution in [0.15, 0.2) is 12.3 Å². The molecule has 2 aromatic heterocycles. The lowest BCUT2D eigenvalue weighted by Gasteiger charge is -2.17. The van der Waals surface area contributed by atoms with Gasteiger partial charge in [-0.15, -0.1) is 0 Å². The first-order valence-electron chi connectivity index (χ1n) is 8.19. The van der Waals surface area contributed by atoms with Crippen molar-refractivity contribution >= 4 is 5.82 Å². The number of hydrogen-bond donors (Lipinski definition) is 1. The average molecular weight is 314 g/mol. The van der Waals surface area contributed by atoms with Crippen LogP contribution >= 0.6 is 0 Å². The third kappa shape index (κ3) is 2.93. The van der Waals surface area contributed by atoms with Crippen molar-refractivity contribution in [2.24, 2.45) is 11.8 Å². The predicted octanol–water partition coefficient (Wildman–Crippen LogP) is 1.68. The molecule has 4 rings (SSSR count). The maximum Gasteiger partial charge on any atom is 0.156 e. The normalized spacial score (nSPS) is 24.3. The number of rotatable bonds is 5. The third-order valence-electron chi connectivity index (χ3n) is 4.84. The summed E-state index contributed by atoms with van der Waals surface area (Å²) in [5.74, 6) is 5.32. The molecule has 0 aromatic carbocycles. The third-order valence-corrected chi connectivity index (χ3v) is 4.84. The number of nitrogens with one attached hydrogen (secondary N) is 1. The van der Waals surface area contributed by atoms with E-state index in [0.717, 1.165) is 42.3 Å². The Bertz CT molecular complexity index is 683. The molecule has 1 saturated carbocycles. The zero-order valence-corrected chi connectivity index (χ0v) is 13.6. The highest BCUT2D eigenvalue weighted by Gasteiger charge is 2.45. The highest BCUT2D eigenvalue weighted by atomic mass is 16.5. The molecule has 0 radical (unpaired) electrons. The maximum atomic E-state index is 5.13. The SMILES string of the molecule is COCc1nc([C@H]2CN(c3ccnc(C)n3)C[C@@H]2C2CC2)n[nH]1. The number of anilines is 1. The van der Waals surface area contributed by atoms with Crippen molar-refractivity contribution in [2.75, 3.05) is 25.1 Å². The molecule has 0 unspecified atom stereocenters. The van der Waals surface area contributed by atoms with Crippen LogP contribution in [0.1, 0.15) is 36.2 Å². The minimum atomic E-state index is 0.361. The summed E-state index contributed by atoms with van der Waals surface area (Å²) in [5.41, 5.74) is 0. The van der Waals surface area contributed by atoms with Crippen molar-refractivity contribution in [1.29, 1.82) is 0 Å². The van der Waals surface area contributed by atoms with Gasteiger partial charge in [-0.1, -0.05) is 0 Å². The van der Waals surface area contributed by atoms with Gasteiger partial charge in [0, 0.05) is 32.3 Å². The fourth-order valence-corrected chi connectivity index (χ4v) is 3.59. The van der Waals surface area contributed by atoms with E-state index in [1.165, 1.54) is 12.8 Å². The first kappa shape index (κ1) is 14.6. The van der Waals surface area contributed by atoms with Crippen molar-refractivity contribution in [2.45, 2.75) is 32.3 Å². The van der Waals surface area contributed by atoms with Crippen LogP contribution in [0.5, 0.6) is 0 Å². The molecule has 2 aromatic rings. The monoisotopic (exact) mass is 314 g/mol. The average Bonchev–Trinajstić information content (AvgIpc) is 3.12. The van der Waals surface area contributed by atoms with Crippen LogP contribution in [-0.2, 0) is 11.3 Å². The molecule has 2 fully saturated rings. The van der Waals surface area contributed by atoms with E-state index < -0.39 is 0 Å². The van der Waals surface area contributed by atoms with Gasteiger partial charge in [-0.25, -0.2) is 15.0 Å². The summed E-state index contributed by atoms with van der Waals surface area (Å²) >= 11 is 0. The molecule has 2 atom stereocenters. The number of ether oxygens (including phenoxy) is 1. The molecule has 0 bridgehead atoms. The molecule has 2 aliphatic rings. The van der Waals surface area contributed by atoms with E-state index in [2.05, 4.69) is 30.0 Å². The fraction of sp³-hybridized carbons (Fsp3) is 0.625. The number of nitrogens with zero attached hydrogens (tertiary/aromatic N) is 5. The minimum Gasteiger partial charge on any atom is -0.377 e. The highest BCUT2D eigenvalue weighted by molar-refractivity contribution is 5.41. The summed E-state index contributed by atoms with van der Waals surface area (Å²) < 4.78 is 5.13. The van der Waals surface area contributed by atoms with E-state index in [0.29, 0.717) is 18.4 Å². The summed E-state index contributed by atoms with van der Waals surface area (Å²) in [5, 5.41) is 7.44. The van der Waals surface area contributed by atoms with Crippen molar-refractivity contribution in [3.63, 3.8) is 0 Å². The molecule has 122 valence electrons. The Hall–Kier alpha value is -2.02. The van der Waals surface area contributed by atoms with Gasteiger partial charge in [-0.3, -0.25) is 5.10 Å². The van der Waals surface area contributed by atoms with Crippen LogP contribution in [0.25, 0.3) is 0 Å². The van der Waals surface area contributed by atoms with Gasteiger partial charge in [-0.2, -0.15) is 5.10 Å². The molecular weight excluding hydrogens is 292 g/mol. The number of aryl methyl sites for hydroxylation is 1. The van der Waals surface area contributed by atoms with Gasteiger partial charge in [0.1, 0.15) is 18.2 Å². The Morgan fingerprint density at radius 2 is 2.17 bits per heavy atom. The van der Waals surface area contributed by atoms with Gasteiger partial charge in [0.15, 0.2) is 11.6 Å². The molecule has 1 aliphatic carbocycles. The van der Waals surface area contributed by atoms with Crippen molar-refractivity contribution in [1.82, 2.24) is 25.1 Å². The zero-order chi connectivity index (χ0) is 15.8. The molecular formula is C16H22N6O. The Labute approximate surface area is 135 Å². The molecule has 0 amide bonds. The second-order valence-electron chi connectivity index (χ2n) is 6.55. The Kier molecular flexibility index (Phi) is 3.72. The van der Waals surface area contributed by atoms with Gasteiger partial charge in [0.05, 0.1) is 0 Å². The Balaban J connectivity index is 1.57. The lowest BCUT2D eigenvalue weighted by Crippen LogP contribution is -2.21. The molecule has 1 aliphatic heterocycles. The molecule has 7 heteroatoms. The first-order chi connectivity index (χ1) is 11.2. The molecule has 7 nitrogen and oxygen atoms in total.